The molecule has 0 saturated heterocycles. The summed E-state index contributed by atoms with van der Waals surface area (Å²) < 4.78 is 1.50. The molecule has 140 valence electrons. The van der Waals surface area contributed by atoms with Gasteiger partial charge in [0.05, 0.1) is 11.4 Å². The van der Waals surface area contributed by atoms with Crippen LogP contribution in [0, 0.1) is 0 Å². The molecule has 8 heteroatoms. The van der Waals surface area contributed by atoms with Crippen molar-refractivity contribution >= 4 is 22.4 Å². The molecule has 7 nitrogen and oxygen atoms in total. The van der Waals surface area contributed by atoms with Crippen LogP contribution in [0.5, 0.6) is 0 Å². The molecule has 0 spiro atoms. The number of hydrogen-bond donors (Lipinski definition) is 1. The summed E-state index contributed by atoms with van der Waals surface area (Å²) >= 11 is 1.40. The summed E-state index contributed by atoms with van der Waals surface area (Å²) in [6, 6.07) is 15.4. The molecule has 2 heterocycles. The first kappa shape index (κ1) is 18.0. The Morgan fingerprint density at radius 1 is 1.14 bits per heavy atom. The summed E-state index contributed by atoms with van der Waals surface area (Å²) in [6.07, 6.45) is 1.48. The van der Waals surface area contributed by atoms with E-state index in [1.807, 2.05) is 11.4 Å². The van der Waals surface area contributed by atoms with E-state index < -0.39 is 0 Å². The number of tetrazole rings is 1. The Labute approximate surface area is 166 Å². The highest BCUT2D eigenvalue weighted by molar-refractivity contribution is 7.14. The molecule has 2 aromatic heterocycles. The third-order valence-electron chi connectivity index (χ3n) is 4.32. The molecule has 0 radical (unpaired) electrons. The highest BCUT2D eigenvalue weighted by Gasteiger charge is 2.11. The quantitative estimate of drug-likeness (QED) is 0.553. The molecule has 28 heavy (non-hydrogen) atoms. The molecule has 0 fully saturated rings. The van der Waals surface area contributed by atoms with Crippen molar-refractivity contribution in [1.82, 2.24) is 25.2 Å². The van der Waals surface area contributed by atoms with Crippen LogP contribution in [0.2, 0.25) is 0 Å². The number of benzene rings is 2. The van der Waals surface area contributed by atoms with Gasteiger partial charge in [-0.15, -0.1) is 16.4 Å². The summed E-state index contributed by atoms with van der Waals surface area (Å²) in [5.74, 6) is 0.259. The van der Waals surface area contributed by atoms with Crippen LogP contribution in [0.25, 0.3) is 16.9 Å². The molecule has 0 aliphatic carbocycles. The molecule has 1 N–H and O–H groups in total. The Bertz CT molecular complexity index is 1090. The van der Waals surface area contributed by atoms with Crippen LogP contribution >= 0.6 is 11.3 Å². The Morgan fingerprint density at radius 3 is 2.68 bits per heavy atom. The summed E-state index contributed by atoms with van der Waals surface area (Å²) in [4.78, 5) is 17.1. The molecule has 0 saturated carbocycles. The van der Waals surface area contributed by atoms with Gasteiger partial charge in [-0.25, -0.2) is 9.67 Å². The summed E-state index contributed by atoms with van der Waals surface area (Å²) in [7, 11) is 0. The van der Waals surface area contributed by atoms with E-state index in [4.69, 9.17) is 0 Å². The molecular weight excluding hydrogens is 372 g/mol. The zero-order chi connectivity index (χ0) is 19.5. The van der Waals surface area contributed by atoms with Crippen LogP contribution in [0.4, 0.5) is 5.13 Å². The fraction of sp³-hybridized carbons (Fsp3) is 0.150. The molecule has 4 aromatic rings. The van der Waals surface area contributed by atoms with Crippen molar-refractivity contribution in [1.29, 1.82) is 0 Å². The van der Waals surface area contributed by atoms with Gasteiger partial charge in [0, 0.05) is 16.5 Å². The molecule has 0 aliphatic rings. The fourth-order valence-corrected chi connectivity index (χ4v) is 3.46. The van der Waals surface area contributed by atoms with Crippen molar-refractivity contribution < 1.29 is 4.79 Å². The first-order valence-corrected chi connectivity index (χ1v) is 9.69. The van der Waals surface area contributed by atoms with Crippen LogP contribution in [0.3, 0.4) is 0 Å². The van der Waals surface area contributed by atoms with E-state index in [-0.39, 0.29) is 5.91 Å². The number of nitrogens with zero attached hydrogens (tertiary/aromatic N) is 5. The lowest BCUT2D eigenvalue weighted by Crippen LogP contribution is -2.12. The van der Waals surface area contributed by atoms with Crippen molar-refractivity contribution in [2.24, 2.45) is 0 Å². The summed E-state index contributed by atoms with van der Waals surface area (Å²) in [5, 5.41) is 16.4. The largest absolute Gasteiger partial charge is 0.298 e. The lowest BCUT2D eigenvalue weighted by Gasteiger charge is -2.05. The van der Waals surface area contributed by atoms with E-state index in [1.165, 1.54) is 27.9 Å². The average Bonchev–Trinajstić information content (AvgIpc) is 3.40. The lowest BCUT2D eigenvalue weighted by molar-refractivity contribution is 0.102. The van der Waals surface area contributed by atoms with Gasteiger partial charge in [-0.3, -0.25) is 10.1 Å². The fourth-order valence-electron chi connectivity index (χ4n) is 2.74. The Kier molecular flexibility index (Phi) is 4.94. The highest BCUT2D eigenvalue weighted by Crippen LogP contribution is 2.27. The highest BCUT2D eigenvalue weighted by atomic mass is 32.1. The second-order valence-electron chi connectivity index (χ2n) is 6.57. The molecule has 0 bridgehead atoms. The molecule has 0 aliphatic heterocycles. The summed E-state index contributed by atoms with van der Waals surface area (Å²) in [5.41, 5.74) is 4.38. The van der Waals surface area contributed by atoms with Gasteiger partial charge in [-0.2, -0.15) is 0 Å². The van der Waals surface area contributed by atoms with Crippen molar-refractivity contribution in [2.45, 2.75) is 19.8 Å². The number of amides is 1. The number of aromatic nitrogens is 5. The van der Waals surface area contributed by atoms with Crippen molar-refractivity contribution in [2.75, 3.05) is 5.32 Å². The molecule has 2 aromatic carbocycles. The minimum atomic E-state index is -0.231. The Balaban J connectivity index is 1.49. The van der Waals surface area contributed by atoms with Crippen LogP contribution in [0.15, 0.2) is 60.2 Å². The zero-order valence-electron chi connectivity index (χ0n) is 15.4. The van der Waals surface area contributed by atoms with Crippen LogP contribution < -0.4 is 5.32 Å². The van der Waals surface area contributed by atoms with Gasteiger partial charge in [-0.1, -0.05) is 44.2 Å². The molecule has 0 unspecified atom stereocenters. The number of carbonyl (C=O) groups excluding carboxylic acids is 1. The van der Waals surface area contributed by atoms with E-state index in [2.05, 4.69) is 63.9 Å². The third-order valence-corrected chi connectivity index (χ3v) is 5.08. The Morgan fingerprint density at radius 2 is 1.96 bits per heavy atom. The smallest absolute Gasteiger partial charge is 0.257 e. The van der Waals surface area contributed by atoms with E-state index in [9.17, 15) is 4.79 Å². The Hall–Kier alpha value is -3.39. The maximum absolute atomic E-state index is 12.6. The SMILES string of the molecule is CC(C)c1ccc(-c2csc(NC(=O)c3cccc(-n4cnnn4)c3)n2)cc1. The number of carbonyl (C=O) groups is 1. The lowest BCUT2D eigenvalue weighted by atomic mass is 10.0. The van der Waals surface area contributed by atoms with Gasteiger partial charge in [-0.05, 0) is 40.1 Å². The van der Waals surface area contributed by atoms with Crippen LogP contribution in [0.1, 0.15) is 35.7 Å². The van der Waals surface area contributed by atoms with E-state index in [0.29, 0.717) is 22.3 Å². The van der Waals surface area contributed by atoms with Crippen molar-refractivity contribution in [3.63, 3.8) is 0 Å². The second kappa shape index (κ2) is 7.69. The first-order valence-electron chi connectivity index (χ1n) is 8.81. The molecular formula is C20H18N6OS. The van der Waals surface area contributed by atoms with Gasteiger partial charge < -0.3 is 0 Å². The van der Waals surface area contributed by atoms with E-state index in [0.717, 1.165) is 11.3 Å². The number of rotatable bonds is 5. The maximum atomic E-state index is 12.6. The number of anilines is 1. The van der Waals surface area contributed by atoms with E-state index >= 15 is 0 Å². The molecule has 0 atom stereocenters. The molecule has 1 amide bonds. The van der Waals surface area contributed by atoms with Crippen molar-refractivity contribution in [3.8, 4) is 16.9 Å². The first-order chi connectivity index (χ1) is 13.6. The minimum absolute atomic E-state index is 0.231. The van der Waals surface area contributed by atoms with Gasteiger partial charge in [0.25, 0.3) is 5.91 Å². The zero-order valence-corrected chi connectivity index (χ0v) is 16.2. The number of hydrogen-bond acceptors (Lipinski definition) is 6. The van der Waals surface area contributed by atoms with Crippen LogP contribution in [-0.4, -0.2) is 31.1 Å². The van der Waals surface area contributed by atoms with Gasteiger partial charge in [0.2, 0.25) is 0 Å². The number of nitrogens with one attached hydrogen (secondary N) is 1. The predicted molar refractivity (Wildman–Crippen MR) is 109 cm³/mol. The normalized spacial score (nSPS) is 11.0. The van der Waals surface area contributed by atoms with Gasteiger partial charge in [0.15, 0.2) is 5.13 Å². The monoisotopic (exact) mass is 390 g/mol. The van der Waals surface area contributed by atoms with Gasteiger partial charge in [0.1, 0.15) is 6.33 Å². The third kappa shape index (κ3) is 3.81. The summed E-state index contributed by atoms with van der Waals surface area (Å²) in [6.45, 7) is 4.33. The van der Waals surface area contributed by atoms with Gasteiger partial charge >= 0.3 is 0 Å². The molecule has 4 rings (SSSR count). The minimum Gasteiger partial charge on any atom is -0.298 e. The predicted octanol–water partition coefficient (Wildman–Crippen LogP) is 4.16. The second-order valence-corrected chi connectivity index (χ2v) is 7.43. The average molecular weight is 390 g/mol. The topological polar surface area (TPSA) is 85.6 Å². The van der Waals surface area contributed by atoms with E-state index in [1.54, 1.807) is 18.2 Å². The standard InChI is InChI=1S/C20H18N6OS/c1-13(2)14-6-8-15(9-7-14)18-11-28-20(22-18)23-19(27)16-4-3-5-17(10-16)26-12-21-24-25-26/h3-13H,1-2H3,(H,22,23,27). The van der Waals surface area contributed by atoms with Crippen molar-refractivity contribution in [3.05, 3.63) is 71.4 Å². The van der Waals surface area contributed by atoms with Crippen LogP contribution in [-0.2, 0) is 0 Å². The number of thiazole rings is 1. The maximum Gasteiger partial charge on any atom is 0.257 e.